The van der Waals surface area contributed by atoms with E-state index in [-0.39, 0.29) is 11.9 Å². The minimum absolute atomic E-state index is 0.0236. The second-order valence-corrected chi connectivity index (χ2v) is 4.58. The summed E-state index contributed by atoms with van der Waals surface area (Å²) < 4.78 is 7.17. The SMILES string of the molecule is CC1CCC(C(=O)OCCn2ccnc2)C1. The first-order valence-electron chi connectivity index (χ1n) is 5.88. The molecule has 1 aliphatic carbocycles. The molecule has 0 aromatic carbocycles. The monoisotopic (exact) mass is 222 g/mol. The zero-order chi connectivity index (χ0) is 11.4. The van der Waals surface area contributed by atoms with Gasteiger partial charge in [-0.05, 0) is 25.2 Å². The molecule has 0 radical (unpaired) electrons. The van der Waals surface area contributed by atoms with Crippen LogP contribution in [0.4, 0.5) is 0 Å². The second-order valence-electron chi connectivity index (χ2n) is 4.58. The van der Waals surface area contributed by atoms with Crippen LogP contribution in [0.25, 0.3) is 0 Å². The van der Waals surface area contributed by atoms with Crippen molar-refractivity contribution in [2.45, 2.75) is 32.7 Å². The van der Waals surface area contributed by atoms with Crippen LogP contribution in [0.1, 0.15) is 26.2 Å². The zero-order valence-corrected chi connectivity index (χ0v) is 9.63. The van der Waals surface area contributed by atoms with Gasteiger partial charge in [-0.2, -0.15) is 0 Å². The average Bonchev–Trinajstić information content (AvgIpc) is 2.89. The maximum absolute atomic E-state index is 11.7. The fourth-order valence-electron chi connectivity index (χ4n) is 2.21. The molecule has 1 fully saturated rings. The van der Waals surface area contributed by atoms with E-state index < -0.39 is 0 Å². The molecule has 1 saturated carbocycles. The summed E-state index contributed by atoms with van der Waals surface area (Å²) in [5, 5.41) is 0. The van der Waals surface area contributed by atoms with Gasteiger partial charge in [-0.15, -0.1) is 0 Å². The fraction of sp³-hybridized carbons (Fsp3) is 0.667. The lowest BCUT2D eigenvalue weighted by Crippen LogP contribution is -2.17. The largest absolute Gasteiger partial charge is 0.464 e. The van der Waals surface area contributed by atoms with Gasteiger partial charge in [0.2, 0.25) is 0 Å². The highest BCUT2D eigenvalue weighted by molar-refractivity contribution is 5.72. The van der Waals surface area contributed by atoms with Gasteiger partial charge in [0, 0.05) is 12.4 Å². The van der Waals surface area contributed by atoms with Crippen molar-refractivity contribution >= 4 is 5.97 Å². The van der Waals surface area contributed by atoms with E-state index in [4.69, 9.17) is 4.74 Å². The molecule has 16 heavy (non-hydrogen) atoms. The molecule has 1 aromatic heterocycles. The van der Waals surface area contributed by atoms with Gasteiger partial charge in [0.15, 0.2) is 0 Å². The van der Waals surface area contributed by atoms with E-state index in [1.165, 1.54) is 0 Å². The Morgan fingerprint density at radius 2 is 2.44 bits per heavy atom. The highest BCUT2D eigenvalue weighted by Crippen LogP contribution is 2.30. The number of carbonyl (C=O) groups excluding carboxylic acids is 1. The molecule has 1 heterocycles. The molecule has 2 unspecified atom stereocenters. The number of rotatable bonds is 4. The van der Waals surface area contributed by atoms with Crippen LogP contribution in [0, 0.1) is 11.8 Å². The summed E-state index contributed by atoms with van der Waals surface area (Å²) in [7, 11) is 0. The normalized spacial score (nSPS) is 24.6. The Bertz CT molecular complexity index is 335. The third-order valence-electron chi connectivity index (χ3n) is 3.18. The number of hydrogen-bond donors (Lipinski definition) is 0. The van der Waals surface area contributed by atoms with Crippen molar-refractivity contribution < 1.29 is 9.53 Å². The van der Waals surface area contributed by atoms with Crippen molar-refractivity contribution in [3.8, 4) is 0 Å². The molecule has 2 atom stereocenters. The Kier molecular flexibility index (Phi) is 3.59. The predicted octanol–water partition coefficient (Wildman–Crippen LogP) is 1.86. The van der Waals surface area contributed by atoms with Crippen LogP contribution in [0.2, 0.25) is 0 Å². The molecule has 4 nitrogen and oxygen atoms in total. The fourth-order valence-corrected chi connectivity index (χ4v) is 2.21. The number of hydrogen-bond acceptors (Lipinski definition) is 3. The third-order valence-corrected chi connectivity index (χ3v) is 3.18. The smallest absolute Gasteiger partial charge is 0.309 e. The van der Waals surface area contributed by atoms with E-state index in [1.807, 2.05) is 10.8 Å². The molecule has 0 aliphatic heterocycles. The maximum atomic E-state index is 11.7. The van der Waals surface area contributed by atoms with Crippen LogP contribution in [0.5, 0.6) is 0 Å². The van der Waals surface area contributed by atoms with Gasteiger partial charge in [-0.3, -0.25) is 4.79 Å². The van der Waals surface area contributed by atoms with E-state index in [9.17, 15) is 4.79 Å². The highest BCUT2D eigenvalue weighted by atomic mass is 16.5. The minimum atomic E-state index is -0.0236. The van der Waals surface area contributed by atoms with Crippen LogP contribution >= 0.6 is 0 Å². The van der Waals surface area contributed by atoms with Crippen LogP contribution in [0.3, 0.4) is 0 Å². The molecular weight excluding hydrogens is 204 g/mol. The molecule has 1 aliphatic rings. The first kappa shape index (κ1) is 11.2. The van der Waals surface area contributed by atoms with Crippen molar-refractivity contribution in [3.63, 3.8) is 0 Å². The number of aromatic nitrogens is 2. The molecule has 0 spiro atoms. The maximum Gasteiger partial charge on any atom is 0.309 e. The third kappa shape index (κ3) is 2.84. The molecule has 1 aromatic rings. The summed E-state index contributed by atoms with van der Waals surface area (Å²) in [6.45, 7) is 3.33. The summed E-state index contributed by atoms with van der Waals surface area (Å²) >= 11 is 0. The van der Waals surface area contributed by atoms with Gasteiger partial charge in [0.05, 0.1) is 18.8 Å². The predicted molar refractivity (Wildman–Crippen MR) is 59.7 cm³/mol. The van der Waals surface area contributed by atoms with E-state index in [1.54, 1.807) is 12.5 Å². The second kappa shape index (κ2) is 5.14. The number of ether oxygens (including phenoxy) is 1. The van der Waals surface area contributed by atoms with Crippen molar-refractivity contribution in [3.05, 3.63) is 18.7 Å². The average molecular weight is 222 g/mol. The van der Waals surface area contributed by atoms with Crippen LogP contribution < -0.4 is 0 Å². The van der Waals surface area contributed by atoms with Gasteiger partial charge in [-0.25, -0.2) is 4.98 Å². The van der Waals surface area contributed by atoms with Crippen molar-refractivity contribution in [2.75, 3.05) is 6.61 Å². The molecule has 88 valence electrons. The van der Waals surface area contributed by atoms with Crippen molar-refractivity contribution in [1.29, 1.82) is 0 Å². The minimum Gasteiger partial charge on any atom is -0.464 e. The Morgan fingerprint density at radius 1 is 1.56 bits per heavy atom. The van der Waals surface area contributed by atoms with Crippen LogP contribution in [-0.4, -0.2) is 22.1 Å². The van der Waals surface area contributed by atoms with Crippen molar-refractivity contribution in [1.82, 2.24) is 9.55 Å². The van der Waals surface area contributed by atoms with Gasteiger partial charge in [0.1, 0.15) is 6.61 Å². The van der Waals surface area contributed by atoms with Gasteiger partial charge >= 0.3 is 5.97 Å². The van der Waals surface area contributed by atoms with Crippen LogP contribution in [0.15, 0.2) is 18.7 Å². The zero-order valence-electron chi connectivity index (χ0n) is 9.63. The summed E-state index contributed by atoms with van der Waals surface area (Å²) in [5.41, 5.74) is 0. The first-order valence-corrected chi connectivity index (χ1v) is 5.88. The Balaban J connectivity index is 1.68. The Morgan fingerprint density at radius 3 is 3.06 bits per heavy atom. The lowest BCUT2D eigenvalue weighted by atomic mass is 10.1. The number of nitrogens with zero attached hydrogens (tertiary/aromatic N) is 2. The molecular formula is C12H18N2O2. The van der Waals surface area contributed by atoms with Crippen molar-refractivity contribution in [2.24, 2.45) is 11.8 Å². The summed E-state index contributed by atoms with van der Waals surface area (Å²) in [5.74, 6) is 0.786. The summed E-state index contributed by atoms with van der Waals surface area (Å²) in [6, 6.07) is 0. The number of imidazole rings is 1. The molecule has 0 N–H and O–H groups in total. The van der Waals surface area contributed by atoms with Gasteiger partial charge < -0.3 is 9.30 Å². The summed E-state index contributed by atoms with van der Waals surface area (Å²) in [4.78, 5) is 15.6. The molecule has 0 bridgehead atoms. The topological polar surface area (TPSA) is 44.1 Å². The van der Waals surface area contributed by atoms with E-state index >= 15 is 0 Å². The van der Waals surface area contributed by atoms with E-state index in [2.05, 4.69) is 11.9 Å². The van der Waals surface area contributed by atoms with Gasteiger partial charge in [0.25, 0.3) is 0 Å². The number of esters is 1. The standard InChI is InChI=1S/C12H18N2O2/c1-10-2-3-11(8-10)12(15)16-7-6-14-5-4-13-9-14/h4-5,9-11H,2-3,6-8H2,1H3. The highest BCUT2D eigenvalue weighted by Gasteiger charge is 2.28. The van der Waals surface area contributed by atoms with Gasteiger partial charge in [-0.1, -0.05) is 6.92 Å². The Labute approximate surface area is 95.6 Å². The molecule has 0 amide bonds. The molecule has 2 rings (SSSR count). The van der Waals surface area contributed by atoms with E-state index in [0.717, 1.165) is 19.3 Å². The molecule has 0 saturated heterocycles. The van der Waals surface area contributed by atoms with E-state index in [0.29, 0.717) is 19.1 Å². The first-order chi connectivity index (χ1) is 7.75. The quantitative estimate of drug-likeness (QED) is 0.730. The van der Waals surface area contributed by atoms with Crippen LogP contribution in [-0.2, 0) is 16.1 Å². The molecule has 4 heteroatoms. The summed E-state index contributed by atoms with van der Waals surface area (Å²) in [6.07, 6.45) is 8.45. The lowest BCUT2D eigenvalue weighted by Gasteiger charge is -2.10. The Hall–Kier alpha value is -1.32. The lowest BCUT2D eigenvalue weighted by molar-refractivity contribution is -0.148. The number of carbonyl (C=O) groups is 1.